The molecule has 0 aliphatic heterocycles. The molecule has 1 unspecified atom stereocenters. The topological polar surface area (TPSA) is 21.3 Å². The van der Waals surface area contributed by atoms with E-state index in [2.05, 4.69) is 12.2 Å². The highest BCUT2D eigenvalue weighted by Crippen LogP contribution is 2.27. The summed E-state index contributed by atoms with van der Waals surface area (Å²) in [4.78, 5) is 0. The van der Waals surface area contributed by atoms with Crippen LogP contribution in [0.5, 0.6) is 0 Å². The van der Waals surface area contributed by atoms with E-state index in [1.54, 1.807) is 6.07 Å². The van der Waals surface area contributed by atoms with Gasteiger partial charge in [0.2, 0.25) is 0 Å². The van der Waals surface area contributed by atoms with Gasteiger partial charge in [0.05, 0.1) is 12.6 Å². The molecule has 0 fully saturated rings. The Morgan fingerprint density at radius 2 is 1.76 bits per heavy atom. The molecule has 1 atom stereocenters. The quantitative estimate of drug-likeness (QED) is 0.780. The van der Waals surface area contributed by atoms with Gasteiger partial charge in [0.15, 0.2) is 0 Å². The zero-order chi connectivity index (χ0) is 15.1. The van der Waals surface area contributed by atoms with Crippen molar-refractivity contribution in [3.05, 3.63) is 65.5 Å². The fourth-order valence-corrected chi connectivity index (χ4v) is 2.34. The van der Waals surface area contributed by atoms with Crippen molar-refractivity contribution in [2.24, 2.45) is 0 Å². The van der Waals surface area contributed by atoms with Gasteiger partial charge in [-0.25, -0.2) is 4.39 Å². The lowest BCUT2D eigenvalue weighted by atomic mass is 10.0. The summed E-state index contributed by atoms with van der Waals surface area (Å²) in [7, 11) is 0. The van der Waals surface area contributed by atoms with E-state index in [0.29, 0.717) is 18.8 Å². The number of rotatable bonds is 7. The summed E-state index contributed by atoms with van der Waals surface area (Å²) in [6.45, 7) is 5.27. The minimum absolute atomic E-state index is 0.0472. The summed E-state index contributed by atoms with van der Waals surface area (Å²) in [6, 6.07) is 14.9. The summed E-state index contributed by atoms with van der Waals surface area (Å²) < 4.78 is 19.5. The molecule has 0 saturated heterocycles. The van der Waals surface area contributed by atoms with E-state index >= 15 is 0 Å². The molecule has 112 valence electrons. The van der Waals surface area contributed by atoms with Gasteiger partial charge in [0, 0.05) is 23.4 Å². The average molecular weight is 287 g/mol. The predicted molar refractivity (Wildman–Crippen MR) is 84.8 cm³/mol. The number of halogens is 1. The van der Waals surface area contributed by atoms with Crippen molar-refractivity contribution in [2.45, 2.75) is 32.9 Å². The van der Waals surface area contributed by atoms with Crippen LogP contribution in [0.15, 0.2) is 48.5 Å². The zero-order valence-electron chi connectivity index (χ0n) is 12.6. The second-order valence-corrected chi connectivity index (χ2v) is 4.92. The second kappa shape index (κ2) is 7.79. The first-order valence-electron chi connectivity index (χ1n) is 7.42. The molecule has 0 saturated carbocycles. The maximum Gasteiger partial charge on any atom is 0.128 e. The normalized spacial score (nSPS) is 12.1. The van der Waals surface area contributed by atoms with Crippen LogP contribution in [0, 0.1) is 5.82 Å². The zero-order valence-corrected chi connectivity index (χ0v) is 12.6. The summed E-state index contributed by atoms with van der Waals surface area (Å²) >= 11 is 0. The van der Waals surface area contributed by atoms with Gasteiger partial charge in [0.25, 0.3) is 0 Å². The van der Waals surface area contributed by atoms with Gasteiger partial charge in [-0.2, -0.15) is 0 Å². The predicted octanol–water partition coefficient (Wildman–Crippen LogP) is 4.93. The van der Waals surface area contributed by atoms with Crippen molar-refractivity contribution in [3.63, 3.8) is 0 Å². The van der Waals surface area contributed by atoms with Crippen molar-refractivity contribution in [2.75, 3.05) is 11.9 Å². The molecule has 0 heterocycles. The first kappa shape index (κ1) is 15.5. The molecule has 0 aliphatic rings. The van der Waals surface area contributed by atoms with Crippen molar-refractivity contribution in [1.82, 2.24) is 0 Å². The molecule has 21 heavy (non-hydrogen) atoms. The van der Waals surface area contributed by atoms with Crippen molar-refractivity contribution < 1.29 is 9.13 Å². The number of hydrogen-bond acceptors (Lipinski definition) is 2. The molecule has 0 aromatic heterocycles. The maximum atomic E-state index is 14.0. The Hall–Kier alpha value is -1.87. The Labute approximate surface area is 126 Å². The van der Waals surface area contributed by atoms with Crippen LogP contribution in [-0.4, -0.2) is 6.61 Å². The van der Waals surface area contributed by atoms with Gasteiger partial charge in [-0.3, -0.25) is 0 Å². The second-order valence-electron chi connectivity index (χ2n) is 4.92. The van der Waals surface area contributed by atoms with Gasteiger partial charge in [-0.15, -0.1) is 0 Å². The van der Waals surface area contributed by atoms with E-state index in [0.717, 1.165) is 17.7 Å². The van der Waals surface area contributed by atoms with Gasteiger partial charge < -0.3 is 10.1 Å². The SMILES string of the molecule is CCOCc1ccccc1NC(CC)c1ccccc1F. The Morgan fingerprint density at radius 3 is 2.48 bits per heavy atom. The Kier molecular flexibility index (Phi) is 5.76. The Morgan fingerprint density at radius 1 is 1.05 bits per heavy atom. The molecular formula is C18H22FNO. The van der Waals surface area contributed by atoms with Crippen LogP contribution in [0.25, 0.3) is 0 Å². The Balaban J connectivity index is 2.21. The number of nitrogens with one attached hydrogen (secondary N) is 1. The lowest BCUT2D eigenvalue weighted by Crippen LogP contribution is -2.13. The van der Waals surface area contributed by atoms with E-state index in [1.807, 2.05) is 43.3 Å². The molecule has 1 N–H and O–H groups in total. The summed E-state index contributed by atoms with van der Waals surface area (Å²) in [6.07, 6.45) is 0.809. The van der Waals surface area contributed by atoms with Gasteiger partial charge in [0.1, 0.15) is 5.82 Å². The third-order valence-corrected chi connectivity index (χ3v) is 3.50. The molecule has 0 aliphatic carbocycles. The molecule has 2 aromatic rings. The average Bonchev–Trinajstić information content (AvgIpc) is 2.52. The summed E-state index contributed by atoms with van der Waals surface area (Å²) in [5.41, 5.74) is 2.79. The smallest absolute Gasteiger partial charge is 0.128 e. The third kappa shape index (κ3) is 4.05. The van der Waals surface area contributed by atoms with E-state index in [9.17, 15) is 4.39 Å². The number of ether oxygens (including phenoxy) is 1. The van der Waals surface area contributed by atoms with Crippen molar-refractivity contribution in [1.29, 1.82) is 0 Å². The highest BCUT2D eigenvalue weighted by Gasteiger charge is 2.14. The van der Waals surface area contributed by atoms with Crippen LogP contribution in [0.2, 0.25) is 0 Å². The monoisotopic (exact) mass is 287 g/mol. The molecule has 2 rings (SSSR count). The van der Waals surface area contributed by atoms with E-state index < -0.39 is 0 Å². The third-order valence-electron chi connectivity index (χ3n) is 3.50. The lowest BCUT2D eigenvalue weighted by molar-refractivity contribution is 0.134. The molecule has 0 radical (unpaired) electrons. The van der Waals surface area contributed by atoms with Gasteiger partial charge in [-0.1, -0.05) is 43.3 Å². The van der Waals surface area contributed by atoms with E-state index in [1.165, 1.54) is 6.07 Å². The number of para-hydroxylation sites is 1. The molecule has 0 bridgehead atoms. The summed E-state index contributed by atoms with van der Waals surface area (Å²) in [5.74, 6) is -0.167. The first-order chi connectivity index (χ1) is 10.3. The maximum absolute atomic E-state index is 14.0. The van der Waals surface area contributed by atoms with Crippen molar-refractivity contribution >= 4 is 5.69 Å². The number of benzene rings is 2. The molecule has 3 heteroatoms. The minimum atomic E-state index is -0.167. The largest absolute Gasteiger partial charge is 0.378 e. The van der Waals surface area contributed by atoms with Crippen LogP contribution in [0.1, 0.15) is 37.4 Å². The molecule has 2 aromatic carbocycles. The van der Waals surface area contributed by atoms with E-state index in [-0.39, 0.29) is 11.9 Å². The standard InChI is InChI=1S/C18H22FNO/c1-3-17(15-10-6-7-11-16(15)19)20-18-12-8-5-9-14(18)13-21-4-2/h5-12,17,20H,3-4,13H2,1-2H3. The van der Waals surface area contributed by atoms with Gasteiger partial charge in [-0.05, 0) is 25.5 Å². The van der Waals surface area contributed by atoms with Crippen molar-refractivity contribution in [3.8, 4) is 0 Å². The van der Waals surface area contributed by atoms with Crippen LogP contribution in [-0.2, 0) is 11.3 Å². The van der Waals surface area contributed by atoms with Gasteiger partial charge >= 0.3 is 0 Å². The molecule has 0 amide bonds. The minimum Gasteiger partial charge on any atom is -0.378 e. The van der Waals surface area contributed by atoms with Crippen LogP contribution in [0.3, 0.4) is 0 Å². The fraction of sp³-hybridized carbons (Fsp3) is 0.333. The highest BCUT2D eigenvalue weighted by atomic mass is 19.1. The van der Waals surface area contributed by atoms with E-state index in [4.69, 9.17) is 4.74 Å². The highest BCUT2D eigenvalue weighted by molar-refractivity contribution is 5.52. The fourth-order valence-electron chi connectivity index (χ4n) is 2.34. The van der Waals surface area contributed by atoms with Crippen LogP contribution in [0.4, 0.5) is 10.1 Å². The van der Waals surface area contributed by atoms with Crippen LogP contribution >= 0.6 is 0 Å². The summed E-state index contributed by atoms with van der Waals surface area (Å²) in [5, 5.41) is 3.44. The number of hydrogen-bond donors (Lipinski definition) is 1. The molecular weight excluding hydrogens is 265 g/mol. The molecule has 0 spiro atoms. The lowest BCUT2D eigenvalue weighted by Gasteiger charge is -2.21. The first-order valence-corrected chi connectivity index (χ1v) is 7.42. The number of anilines is 1. The van der Waals surface area contributed by atoms with Crippen LogP contribution < -0.4 is 5.32 Å². The molecule has 2 nitrogen and oxygen atoms in total. The Bertz CT molecular complexity index is 571.